The molecule has 1 rings (SSSR count). The van der Waals surface area contributed by atoms with E-state index in [0.717, 1.165) is 44.9 Å². The Labute approximate surface area is 400 Å². The number of carbonyl (C=O) groups is 1. The number of aliphatic hydroxyl groups excluding tert-OH is 3. The predicted molar refractivity (Wildman–Crippen MR) is 215 cm³/mol. The van der Waals surface area contributed by atoms with E-state index < -0.39 is 76.9 Å². The molecule has 15 nitrogen and oxygen atoms in total. The number of nitrogens with one attached hydrogen (secondary N) is 1. The van der Waals surface area contributed by atoms with Gasteiger partial charge in [-0.1, -0.05) is 167 Å². The number of ether oxygens (including phenoxy) is 2. The summed E-state index contributed by atoms with van der Waals surface area (Å²) in [6.07, 6.45) is 21.1. The van der Waals surface area contributed by atoms with E-state index in [-0.39, 0.29) is 71.4 Å². The van der Waals surface area contributed by atoms with Gasteiger partial charge in [0.2, 0.25) is 26.7 Å². The maximum Gasteiger partial charge on any atom is 1.00 e. The monoisotopic (exact) mass is 903 g/mol. The van der Waals surface area contributed by atoms with Crippen LogP contribution in [0.1, 0.15) is 181 Å². The molecule has 0 spiro atoms. The van der Waals surface area contributed by atoms with Crippen LogP contribution >= 0.6 is 0 Å². The second-order valence-corrected chi connectivity index (χ2v) is 17.5. The Hall–Kier alpha value is 0.750. The van der Waals surface area contributed by atoms with Crippen molar-refractivity contribution in [1.82, 2.24) is 5.32 Å². The Morgan fingerprint density at radius 3 is 1.58 bits per heavy atom. The van der Waals surface area contributed by atoms with Crippen molar-refractivity contribution in [2.45, 2.75) is 224 Å². The van der Waals surface area contributed by atoms with E-state index in [2.05, 4.69) is 27.5 Å². The van der Waals surface area contributed by atoms with Crippen LogP contribution in [-0.4, -0.2) is 103 Å². The summed E-state index contributed by atoms with van der Waals surface area (Å²) in [7, 11) is -10.8. The van der Waals surface area contributed by atoms with E-state index in [1.165, 1.54) is 109 Å². The number of rotatable bonds is 37. The quantitative estimate of drug-likeness (QED) is 0.0217. The zero-order valence-electron chi connectivity index (χ0n) is 36.6. The number of allylic oxidation sites excluding steroid dienone is 1. The molecule has 7 atom stereocenters. The molecule has 1 amide bonds. The van der Waals surface area contributed by atoms with Crippen molar-refractivity contribution < 1.29 is 123 Å². The molecule has 1 aliphatic heterocycles. The van der Waals surface area contributed by atoms with E-state index in [4.69, 9.17) is 9.47 Å². The first kappa shape index (κ1) is 61.8. The minimum Gasteiger partial charge on any atom is -0.726 e. The second kappa shape index (κ2) is 38.1. The third-order valence-corrected chi connectivity index (χ3v) is 11.1. The van der Waals surface area contributed by atoms with Gasteiger partial charge in [0.1, 0.15) is 24.4 Å². The average molecular weight is 904 g/mol. The molecule has 0 aliphatic carbocycles. The van der Waals surface area contributed by atoms with E-state index in [1.807, 2.05) is 6.08 Å². The number of hydrogen-bond acceptors (Lipinski definition) is 14. The van der Waals surface area contributed by atoms with Crippen LogP contribution in [0.5, 0.6) is 0 Å². The molecule has 4 N–H and O–H groups in total. The van der Waals surface area contributed by atoms with Crippen LogP contribution < -0.4 is 64.4 Å². The zero-order chi connectivity index (χ0) is 42.4. The summed E-state index contributed by atoms with van der Waals surface area (Å²) in [5.74, 6) is -0.351. The zero-order valence-corrected chi connectivity index (χ0v) is 42.3. The predicted octanol–water partition coefficient (Wildman–Crippen LogP) is 0.364. The van der Waals surface area contributed by atoms with Crippen molar-refractivity contribution in [3.05, 3.63) is 12.2 Å². The van der Waals surface area contributed by atoms with Gasteiger partial charge in [-0.3, -0.25) is 13.2 Å². The molecule has 0 aromatic rings. The van der Waals surface area contributed by atoms with Crippen LogP contribution in [0.3, 0.4) is 0 Å². The number of aliphatic hydroxyl groups is 3. The van der Waals surface area contributed by atoms with E-state index in [9.17, 15) is 46.1 Å². The summed E-state index contributed by atoms with van der Waals surface area (Å²) in [5.41, 5.74) is 0. The van der Waals surface area contributed by atoms with Gasteiger partial charge >= 0.3 is 59.1 Å². The maximum absolute atomic E-state index is 13.0. The molecule has 0 aromatic heterocycles. The second-order valence-electron chi connectivity index (χ2n) is 15.4. The number of amides is 1. The average Bonchev–Trinajstić information content (AvgIpc) is 3.14. The Kier molecular flexibility index (Phi) is 39.9. The summed E-state index contributed by atoms with van der Waals surface area (Å²) < 4.78 is 86.6. The van der Waals surface area contributed by atoms with E-state index >= 15 is 0 Å². The molecule has 0 saturated carbocycles. The van der Waals surface area contributed by atoms with Crippen molar-refractivity contribution in [3.8, 4) is 0 Å². The molecule has 1 saturated heterocycles. The van der Waals surface area contributed by atoms with Gasteiger partial charge in [-0.05, 0) is 19.3 Å². The van der Waals surface area contributed by atoms with Gasteiger partial charge in [0.05, 0.1) is 25.4 Å². The number of hydrogen-bond donors (Lipinski definition) is 4. The Balaban J connectivity index is 0. The first-order valence-electron chi connectivity index (χ1n) is 21.7. The van der Waals surface area contributed by atoms with Crippen LogP contribution in [0.2, 0.25) is 0 Å². The summed E-state index contributed by atoms with van der Waals surface area (Å²) in [6, 6.07) is -1.07. The van der Waals surface area contributed by atoms with Gasteiger partial charge in [0, 0.05) is 6.42 Å². The van der Waals surface area contributed by atoms with Gasteiger partial charge in [-0.25, -0.2) is 16.8 Å². The maximum atomic E-state index is 13.0. The van der Waals surface area contributed by atoms with E-state index in [1.54, 1.807) is 0 Å². The van der Waals surface area contributed by atoms with Gasteiger partial charge in [-0.2, -0.15) is 0 Å². The topological polar surface area (TPSA) is 241 Å². The van der Waals surface area contributed by atoms with Crippen LogP contribution in [0.15, 0.2) is 12.2 Å². The van der Waals surface area contributed by atoms with Gasteiger partial charge in [0.15, 0.2) is 6.29 Å². The van der Waals surface area contributed by atoms with Crippen LogP contribution in [0.4, 0.5) is 0 Å². The summed E-state index contributed by atoms with van der Waals surface area (Å²) in [5, 5.41) is 35.1. The largest absolute Gasteiger partial charge is 1.00 e. The SMILES string of the molecule is CCCCCCCCCCCCC/C=C/[C@@H](O)[C@H](CO[C@@H]1O[C@@H](COS(=O)(=O)[O-])[C@@H](O)[C@H](OS(=O)(=O)[O-])[C@@H]1O)NC(=O)CCCCCCCCCCCCCCC.[Na+].[Na+]. The van der Waals surface area contributed by atoms with Crippen LogP contribution in [-0.2, 0) is 43.4 Å². The van der Waals surface area contributed by atoms with Gasteiger partial charge in [0.25, 0.3) is 0 Å². The Morgan fingerprint density at radius 2 is 1.14 bits per heavy atom. The Morgan fingerprint density at radius 1 is 0.695 bits per heavy atom. The molecule has 1 aliphatic rings. The first-order valence-corrected chi connectivity index (χ1v) is 24.4. The minimum atomic E-state index is -5.50. The number of unbranched alkanes of at least 4 members (excludes halogenated alkanes) is 23. The van der Waals surface area contributed by atoms with E-state index in [0.29, 0.717) is 12.8 Å². The fourth-order valence-corrected chi connectivity index (χ4v) is 7.68. The molecule has 19 heteroatoms. The molecule has 1 fully saturated rings. The Bertz CT molecular complexity index is 1270. The molecular formula is C40H75NNa2O14S2. The molecule has 59 heavy (non-hydrogen) atoms. The van der Waals surface area contributed by atoms with Crippen molar-refractivity contribution >= 4 is 26.7 Å². The van der Waals surface area contributed by atoms with Crippen molar-refractivity contribution in [2.24, 2.45) is 0 Å². The molecule has 0 aromatic carbocycles. The summed E-state index contributed by atoms with van der Waals surface area (Å²) >= 11 is 0. The van der Waals surface area contributed by atoms with Gasteiger partial charge < -0.3 is 39.2 Å². The molecule has 1 heterocycles. The molecule has 0 unspecified atom stereocenters. The normalized spacial score (nSPS) is 20.8. The minimum absolute atomic E-state index is 0. The third kappa shape index (κ3) is 33.9. The van der Waals surface area contributed by atoms with Crippen LogP contribution in [0, 0.1) is 0 Å². The standard InChI is InChI=1S/C40H77NO14S2.2Na/c1-3-5-7-9-11-13-15-17-19-21-23-25-27-29-34(42)33(41-36(43)30-28-26-24-22-20-18-16-14-12-10-8-6-4-2)31-52-40-38(45)39(55-57(49,50)51)37(44)35(54-40)32-53-56(46,47)48;;/h27,29,33-35,37-40,42,44-45H,3-26,28,30-32H2,1-2H3,(H,41,43)(H,46,47,48)(H,49,50,51);;/q;2*+1/p-2/b29-27+;;/t33-,34+,35-,37+,38-,39-,40+;;/m0../s1. The summed E-state index contributed by atoms with van der Waals surface area (Å²) in [6.45, 7) is 2.80. The summed E-state index contributed by atoms with van der Waals surface area (Å²) in [4.78, 5) is 13.0. The fourth-order valence-electron chi connectivity index (χ4n) is 6.88. The fraction of sp³-hybridized carbons (Fsp3) is 0.925. The number of carbonyl (C=O) groups excluding carboxylic acids is 1. The van der Waals surface area contributed by atoms with Crippen molar-refractivity contribution in [3.63, 3.8) is 0 Å². The third-order valence-electron chi connectivity index (χ3n) is 10.3. The van der Waals surface area contributed by atoms with Crippen molar-refractivity contribution in [2.75, 3.05) is 13.2 Å². The molecule has 0 radical (unpaired) electrons. The van der Waals surface area contributed by atoms with Gasteiger partial charge in [-0.15, -0.1) is 0 Å². The first-order chi connectivity index (χ1) is 27.2. The molecule has 338 valence electrons. The van der Waals surface area contributed by atoms with Crippen LogP contribution in [0.25, 0.3) is 0 Å². The molecular weight excluding hydrogens is 829 g/mol. The molecule has 0 bridgehead atoms. The van der Waals surface area contributed by atoms with Crippen molar-refractivity contribution in [1.29, 1.82) is 0 Å². The smallest absolute Gasteiger partial charge is 0.726 e.